The fourth-order valence-corrected chi connectivity index (χ4v) is 3.69. The molecule has 0 aliphatic carbocycles. The van der Waals surface area contributed by atoms with Crippen molar-refractivity contribution >= 4 is 17.5 Å². The second kappa shape index (κ2) is 7.87. The van der Waals surface area contributed by atoms with Gasteiger partial charge >= 0.3 is 0 Å². The average Bonchev–Trinajstić information content (AvgIpc) is 3.05. The fourth-order valence-electron chi connectivity index (χ4n) is 3.69. The minimum absolute atomic E-state index is 0.146. The number of hydrogen-bond acceptors (Lipinski definition) is 2. The Bertz CT molecular complexity index is 1070. The predicted molar refractivity (Wildman–Crippen MR) is 110 cm³/mol. The third kappa shape index (κ3) is 3.90. The van der Waals surface area contributed by atoms with Crippen molar-refractivity contribution in [3.63, 3.8) is 0 Å². The number of rotatable bonds is 5. The third-order valence-electron chi connectivity index (χ3n) is 5.25. The summed E-state index contributed by atoms with van der Waals surface area (Å²) in [5, 5.41) is 2.88. The fraction of sp³-hybridized carbons (Fsp3) is 0.167. The largest absolute Gasteiger partial charge is 0.324 e. The van der Waals surface area contributed by atoms with Crippen LogP contribution in [0, 0.1) is 12.7 Å². The zero-order valence-electron chi connectivity index (χ0n) is 16.1. The van der Waals surface area contributed by atoms with E-state index in [-0.39, 0.29) is 17.6 Å². The van der Waals surface area contributed by atoms with Gasteiger partial charge in [0.05, 0.1) is 0 Å². The molecule has 1 aliphatic rings. The Hall–Kier alpha value is -3.47. The van der Waals surface area contributed by atoms with Gasteiger partial charge in [0.2, 0.25) is 5.91 Å². The molecule has 29 heavy (non-hydrogen) atoms. The molecule has 2 amide bonds. The summed E-state index contributed by atoms with van der Waals surface area (Å²) >= 11 is 0. The molecule has 0 aromatic heterocycles. The molecular weight excluding hydrogens is 367 g/mol. The Morgan fingerprint density at radius 3 is 2.52 bits per heavy atom. The van der Waals surface area contributed by atoms with E-state index in [0.717, 1.165) is 11.1 Å². The number of anilines is 1. The summed E-state index contributed by atoms with van der Waals surface area (Å²) in [5.41, 5.74) is 3.69. The monoisotopic (exact) mass is 388 g/mol. The van der Waals surface area contributed by atoms with E-state index in [4.69, 9.17) is 0 Å². The van der Waals surface area contributed by atoms with Gasteiger partial charge in [-0.05, 0) is 47.9 Å². The van der Waals surface area contributed by atoms with E-state index in [1.807, 2.05) is 48.5 Å². The van der Waals surface area contributed by atoms with E-state index in [9.17, 15) is 14.0 Å². The predicted octanol–water partition coefficient (Wildman–Crippen LogP) is 4.34. The van der Waals surface area contributed by atoms with E-state index in [0.29, 0.717) is 29.8 Å². The molecule has 0 bridgehead atoms. The van der Waals surface area contributed by atoms with E-state index in [1.54, 1.807) is 24.0 Å². The van der Waals surface area contributed by atoms with Crippen molar-refractivity contribution in [2.24, 2.45) is 0 Å². The molecular formula is C24H21FN2O2. The lowest BCUT2D eigenvalue weighted by atomic mass is 10.0. The number of halogens is 1. The summed E-state index contributed by atoms with van der Waals surface area (Å²) in [6.45, 7) is 2.13. The first-order valence-corrected chi connectivity index (χ1v) is 9.53. The summed E-state index contributed by atoms with van der Waals surface area (Å²) < 4.78 is 13.4. The standard InChI is InChI=1S/C24H21FN2O2/c1-16-13-19(25)11-12-21(16)26-23(28)22(14-17-7-3-2-4-8-17)27-15-18-9-5-6-10-20(18)24(27)29/h2-13,22H,14-15H2,1H3,(H,26,28)/t22-/m1/s1. The second-order valence-electron chi connectivity index (χ2n) is 7.24. The number of carbonyl (C=O) groups is 2. The average molecular weight is 388 g/mol. The molecule has 0 fully saturated rings. The Labute approximate surface area is 169 Å². The molecule has 4 rings (SSSR count). The summed E-state index contributed by atoms with van der Waals surface area (Å²) in [4.78, 5) is 27.8. The number of nitrogens with zero attached hydrogens (tertiary/aromatic N) is 1. The van der Waals surface area contributed by atoms with Gasteiger partial charge in [-0.1, -0.05) is 48.5 Å². The van der Waals surface area contributed by atoms with Crippen LogP contribution in [0.3, 0.4) is 0 Å². The van der Waals surface area contributed by atoms with Gasteiger partial charge in [-0.3, -0.25) is 9.59 Å². The summed E-state index contributed by atoms with van der Waals surface area (Å²) in [6.07, 6.45) is 0.395. The van der Waals surface area contributed by atoms with Crippen LogP contribution in [0.5, 0.6) is 0 Å². The quantitative estimate of drug-likeness (QED) is 0.707. The molecule has 0 radical (unpaired) electrons. The molecule has 3 aromatic rings. The van der Waals surface area contributed by atoms with E-state index >= 15 is 0 Å². The highest BCUT2D eigenvalue weighted by Crippen LogP contribution is 2.27. The van der Waals surface area contributed by atoms with Crippen molar-refractivity contribution in [2.45, 2.75) is 25.9 Å². The van der Waals surface area contributed by atoms with Crippen LogP contribution in [-0.2, 0) is 17.8 Å². The van der Waals surface area contributed by atoms with Crippen LogP contribution in [0.15, 0.2) is 72.8 Å². The molecule has 0 spiro atoms. The van der Waals surface area contributed by atoms with Crippen LogP contribution in [0.2, 0.25) is 0 Å². The molecule has 1 aliphatic heterocycles. The van der Waals surface area contributed by atoms with Crippen LogP contribution >= 0.6 is 0 Å². The molecule has 0 saturated heterocycles. The number of carbonyl (C=O) groups excluding carboxylic acids is 2. The zero-order chi connectivity index (χ0) is 20.4. The minimum Gasteiger partial charge on any atom is -0.324 e. The number of fused-ring (bicyclic) bond motifs is 1. The number of nitrogens with one attached hydrogen (secondary N) is 1. The lowest BCUT2D eigenvalue weighted by Gasteiger charge is -2.27. The Kier molecular flexibility index (Phi) is 5.12. The number of amides is 2. The Morgan fingerprint density at radius 2 is 1.79 bits per heavy atom. The van der Waals surface area contributed by atoms with Crippen molar-refractivity contribution in [1.29, 1.82) is 0 Å². The summed E-state index contributed by atoms with van der Waals surface area (Å²) in [5.74, 6) is -0.788. The highest BCUT2D eigenvalue weighted by molar-refractivity contribution is 6.03. The van der Waals surface area contributed by atoms with Gasteiger partial charge in [0.1, 0.15) is 11.9 Å². The van der Waals surface area contributed by atoms with Crippen molar-refractivity contribution in [3.8, 4) is 0 Å². The number of benzene rings is 3. The van der Waals surface area contributed by atoms with Gasteiger partial charge in [0.25, 0.3) is 5.91 Å². The second-order valence-corrected chi connectivity index (χ2v) is 7.24. The maximum atomic E-state index is 13.4. The molecule has 146 valence electrons. The van der Waals surface area contributed by atoms with Gasteiger partial charge in [0.15, 0.2) is 0 Å². The van der Waals surface area contributed by atoms with Crippen LogP contribution in [0.25, 0.3) is 0 Å². The minimum atomic E-state index is -0.679. The molecule has 1 heterocycles. The van der Waals surface area contributed by atoms with Crippen LogP contribution in [-0.4, -0.2) is 22.8 Å². The Balaban J connectivity index is 1.63. The highest BCUT2D eigenvalue weighted by Gasteiger charge is 2.36. The van der Waals surface area contributed by atoms with Gasteiger partial charge in [-0.2, -0.15) is 0 Å². The van der Waals surface area contributed by atoms with E-state index in [2.05, 4.69) is 5.32 Å². The summed E-state index contributed by atoms with van der Waals surface area (Å²) in [7, 11) is 0. The maximum Gasteiger partial charge on any atom is 0.255 e. The van der Waals surface area contributed by atoms with E-state index in [1.165, 1.54) is 12.1 Å². The molecule has 1 atom stereocenters. The maximum absolute atomic E-state index is 13.4. The zero-order valence-corrected chi connectivity index (χ0v) is 16.1. The van der Waals surface area contributed by atoms with Crippen molar-refractivity contribution in [2.75, 3.05) is 5.32 Å². The first kappa shape index (κ1) is 18.9. The molecule has 0 unspecified atom stereocenters. The van der Waals surface area contributed by atoms with E-state index < -0.39 is 6.04 Å². The van der Waals surface area contributed by atoms with Crippen LogP contribution in [0.4, 0.5) is 10.1 Å². The lowest BCUT2D eigenvalue weighted by Crippen LogP contribution is -2.45. The molecule has 4 nitrogen and oxygen atoms in total. The molecule has 3 aromatic carbocycles. The van der Waals surface area contributed by atoms with Gasteiger partial charge in [0, 0.05) is 24.2 Å². The summed E-state index contributed by atoms with van der Waals surface area (Å²) in [6, 6.07) is 20.6. The normalized spacial score (nSPS) is 13.9. The first-order valence-electron chi connectivity index (χ1n) is 9.53. The van der Waals surface area contributed by atoms with Gasteiger partial charge in [-0.15, -0.1) is 0 Å². The Morgan fingerprint density at radius 1 is 1.07 bits per heavy atom. The lowest BCUT2D eigenvalue weighted by molar-refractivity contribution is -0.120. The van der Waals surface area contributed by atoms with Crippen molar-refractivity contribution in [3.05, 3.63) is 101 Å². The first-order chi connectivity index (χ1) is 14.0. The molecule has 1 N–H and O–H groups in total. The van der Waals surface area contributed by atoms with Crippen LogP contribution in [0.1, 0.15) is 27.0 Å². The highest BCUT2D eigenvalue weighted by atomic mass is 19.1. The third-order valence-corrected chi connectivity index (χ3v) is 5.25. The smallest absolute Gasteiger partial charge is 0.255 e. The van der Waals surface area contributed by atoms with Crippen molar-refractivity contribution < 1.29 is 14.0 Å². The van der Waals surface area contributed by atoms with Gasteiger partial charge < -0.3 is 10.2 Å². The topological polar surface area (TPSA) is 49.4 Å². The molecule has 0 saturated carbocycles. The number of aryl methyl sites for hydroxylation is 1. The van der Waals surface area contributed by atoms with Crippen LogP contribution < -0.4 is 5.32 Å². The SMILES string of the molecule is Cc1cc(F)ccc1NC(=O)[C@@H](Cc1ccccc1)N1Cc2ccccc2C1=O. The number of hydrogen-bond donors (Lipinski definition) is 1. The van der Waals surface area contributed by atoms with Crippen molar-refractivity contribution in [1.82, 2.24) is 4.90 Å². The van der Waals surface area contributed by atoms with Gasteiger partial charge in [-0.25, -0.2) is 4.39 Å². The molecule has 5 heteroatoms.